The summed E-state index contributed by atoms with van der Waals surface area (Å²) in [5.74, 6) is -0.330. The first kappa shape index (κ1) is 19.5. The molecule has 1 amide bonds. The van der Waals surface area contributed by atoms with E-state index in [-0.39, 0.29) is 11.7 Å². The molecule has 0 unspecified atom stereocenters. The summed E-state index contributed by atoms with van der Waals surface area (Å²) in [4.78, 5) is 12.4. The average molecular weight is 382 g/mol. The molecule has 0 heterocycles. The Bertz CT molecular complexity index is 1060. The number of halogens is 2. The molecule has 0 bridgehead atoms. The minimum atomic E-state index is -2.97. The number of amides is 1. The van der Waals surface area contributed by atoms with Crippen molar-refractivity contribution in [3.05, 3.63) is 76.9 Å². The molecular weight excluding hydrogens is 362 g/mol. The summed E-state index contributed by atoms with van der Waals surface area (Å²) in [6, 6.07) is 16.0. The zero-order valence-electron chi connectivity index (χ0n) is 15.8. The first-order valence-electron chi connectivity index (χ1n) is 8.75. The molecule has 0 radical (unpaired) electrons. The molecule has 28 heavy (non-hydrogen) atoms. The number of ether oxygens (including phenoxy) is 1. The fourth-order valence-electron chi connectivity index (χ4n) is 3.07. The number of hydrogen-bond acceptors (Lipinski definition) is 3. The smallest absolute Gasteiger partial charge is 0.387 e. The van der Waals surface area contributed by atoms with Crippen LogP contribution in [0.2, 0.25) is 0 Å². The van der Waals surface area contributed by atoms with Gasteiger partial charge in [0.05, 0.1) is 5.71 Å². The predicted octanol–water partition coefficient (Wildman–Crippen LogP) is 5.21. The second-order valence-corrected chi connectivity index (χ2v) is 6.50. The van der Waals surface area contributed by atoms with Gasteiger partial charge in [-0.2, -0.15) is 13.9 Å². The highest BCUT2D eigenvalue weighted by Crippen LogP contribution is 2.31. The summed E-state index contributed by atoms with van der Waals surface area (Å²) in [6.45, 7) is 2.45. The standard InChI is InChI=1S/C22H20F2N2O2/c1-13-8-10-17(14(2)12-13)21(27)26-25-15(3)18-11-9-16-6-4-5-7-19(16)20(18)28-22(23)24/h4-12,22H,1-3H3,(H,26,27). The van der Waals surface area contributed by atoms with Crippen molar-refractivity contribution in [2.24, 2.45) is 5.10 Å². The zero-order chi connectivity index (χ0) is 20.3. The Hall–Kier alpha value is -3.28. The lowest BCUT2D eigenvalue weighted by atomic mass is 10.0. The molecule has 4 nitrogen and oxygen atoms in total. The third kappa shape index (κ3) is 4.17. The number of aryl methyl sites for hydroxylation is 2. The molecule has 3 aromatic rings. The van der Waals surface area contributed by atoms with Crippen molar-refractivity contribution in [3.63, 3.8) is 0 Å². The van der Waals surface area contributed by atoms with Gasteiger partial charge < -0.3 is 4.74 Å². The van der Waals surface area contributed by atoms with Crippen molar-refractivity contribution in [1.82, 2.24) is 5.43 Å². The fourth-order valence-corrected chi connectivity index (χ4v) is 3.07. The first-order valence-corrected chi connectivity index (χ1v) is 8.75. The molecular formula is C22H20F2N2O2. The van der Waals surface area contributed by atoms with E-state index in [4.69, 9.17) is 4.74 Å². The number of alkyl halides is 2. The van der Waals surface area contributed by atoms with Gasteiger partial charge in [0.2, 0.25) is 0 Å². The quantitative estimate of drug-likeness (QED) is 0.486. The molecule has 144 valence electrons. The monoisotopic (exact) mass is 382 g/mol. The lowest BCUT2D eigenvalue weighted by Crippen LogP contribution is -2.20. The van der Waals surface area contributed by atoms with Crippen LogP contribution < -0.4 is 10.2 Å². The fraction of sp³-hybridized carbons (Fsp3) is 0.182. The molecule has 0 fully saturated rings. The SMILES string of the molecule is CC(=NNC(=O)c1ccc(C)cc1C)c1ccc2ccccc2c1OC(F)F. The van der Waals surface area contributed by atoms with E-state index in [1.165, 1.54) is 0 Å². The number of carbonyl (C=O) groups excluding carboxylic acids is 1. The van der Waals surface area contributed by atoms with E-state index in [0.717, 1.165) is 16.5 Å². The Kier molecular flexibility index (Phi) is 5.68. The van der Waals surface area contributed by atoms with E-state index in [1.807, 2.05) is 38.1 Å². The Morgan fingerprint density at radius 3 is 2.46 bits per heavy atom. The molecule has 0 aliphatic rings. The number of rotatable bonds is 5. The van der Waals surface area contributed by atoms with Crippen LogP contribution in [0.4, 0.5) is 8.78 Å². The number of carbonyl (C=O) groups is 1. The molecule has 6 heteroatoms. The normalized spacial score (nSPS) is 11.7. The van der Waals surface area contributed by atoms with E-state index in [0.29, 0.717) is 22.2 Å². The highest BCUT2D eigenvalue weighted by atomic mass is 19.3. The van der Waals surface area contributed by atoms with Crippen LogP contribution in [0.1, 0.15) is 34.0 Å². The first-order chi connectivity index (χ1) is 13.4. The largest absolute Gasteiger partial charge is 0.433 e. The maximum Gasteiger partial charge on any atom is 0.387 e. The van der Waals surface area contributed by atoms with Gasteiger partial charge in [0.1, 0.15) is 5.75 Å². The Balaban J connectivity index is 1.93. The van der Waals surface area contributed by atoms with Gasteiger partial charge in [0, 0.05) is 16.5 Å². The van der Waals surface area contributed by atoms with Gasteiger partial charge in [-0.25, -0.2) is 5.43 Å². The van der Waals surface area contributed by atoms with Crippen LogP contribution >= 0.6 is 0 Å². The van der Waals surface area contributed by atoms with E-state index in [1.54, 1.807) is 37.3 Å². The van der Waals surface area contributed by atoms with Crippen molar-refractivity contribution in [3.8, 4) is 5.75 Å². The summed E-state index contributed by atoms with van der Waals surface area (Å²) < 4.78 is 30.7. The molecule has 3 rings (SSSR count). The predicted molar refractivity (Wildman–Crippen MR) is 106 cm³/mol. The molecule has 0 aromatic heterocycles. The van der Waals surface area contributed by atoms with Crippen molar-refractivity contribution in [2.45, 2.75) is 27.4 Å². The van der Waals surface area contributed by atoms with Crippen LogP contribution in [0.25, 0.3) is 10.8 Å². The highest BCUT2D eigenvalue weighted by Gasteiger charge is 2.16. The summed E-state index contributed by atoms with van der Waals surface area (Å²) in [6.07, 6.45) is 0. The molecule has 0 aliphatic heterocycles. The molecule has 0 spiro atoms. The second-order valence-electron chi connectivity index (χ2n) is 6.50. The van der Waals surface area contributed by atoms with Crippen LogP contribution in [0.15, 0.2) is 59.7 Å². The minimum absolute atomic E-state index is 0.0371. The number of fused-ring (bicyclic) bond motifs is 1. The van der Waals surface area contributed by atoms with Crippen LogP contribution in [0.3, 0.4) is 0 Å². The van der Waals surface area contributed by atoms with Crippen LogP contribution in [-0.4, -0.2) is 18.2 Å². The Morgan fingerprint density at radius 1 is 1.04 bits per heavy atom. The van der Waals surface area contributed by atoms with Crippen LogP contribution in [0.5, 0.6) is 5.75 Å². The van der Waals surface area contributed by atoms with E-state index >= 15 is 0 Å². The highest BCUT2D eigenvalue weighted by molar-refractivity contribution is 6.07. The van der Waals surface area contributed by atoms with Crippen molar-refractivity contribution in [2.75, 3.05) is 0 Å². The van der Waals surface area contributed by atoms with Gasteiger partial charge in [-0.1, -0.05) is 48.0 Å². The molecule has 0 saturated carbocycles. The minimum Gasteiger partial charge on any atom is -0.433 e. The molecule has 0 atom stereocenters. The van der Waals surface area contributed by atoms with Crippen LogP contribution in [0, 0.1) is 13.8 Å². The zero-order valence-corrected chi connectivity index (χ0v) is 15.8. The molecule has 1 N–H and O–H groups in total. The third-order valence-electron chi connectivity index (χ3n) is 4.43. The molecule has 0 saturated heterocycles. The lowest BCUT2D eigenvalue weighted by molar-refractivity contribution is -0.0489. The van der Waals surface area contributed by atoms with Gasteiger partial charge >= 0.3 is 6.61 Å². The Labute approximate surface area is 161 Å². The topological polar surface area (TPSA) is 50.7 Å². The van der Waals surface area contributed by atoms with E-state index in [9.17, 15) is 13.6 Å². The maximum atomic E-state index is 13.0. The van der Waals surface area contributed by atoms with Gasteiger partial charge in [0.25, 0.3) is 5.91 Å². The number of nitrogens with zero attached hydrogens (tertiary/aromatic N) is 1. The molecule has 3 aromatic carbocycles. The average Bonchev–Trinajstić information content (AvgIpc) is 2.65. The van der Waals surface area contributed by atoms with Gasteiger partial charge in [-0.05, 0) is 43.9 Å². The van der Waals surface area contributed by atoms with Crippen LogP contribution in [-0.2, 0) is 0 Å². The second kappa shape index (κ2) is 8.17. The van der Waals surface area contributed by atoms with Gasteiger partial charge in [-0.15, -0.1) is 0 Å². The van der Waals surface area contributed by atoms with Crippen molar-refractivity contribution >= 4 is 22.4 Å². The number of hydrazone groups is 1. The Morgan fingerprint density at radius 2 is 1.75 bits per heavy atom. The third-order valence-corrected chi connectivity index (χ3v) is 4.43. The molecule has 0 aliphatic carbocycles. The lowest BCUT2D eigenvalue weighted by Gasteiger charge is -2.14. The maximum absolute atomic E-state index is 13.0. The summed E-state index contributed by atoms with van der Waals surface area (Å²) >= 11 is 0. The van der Waals surface area contributed by atoms with E-state index < -0.39 is 6.61 Å². The summed E-state index contributed by atoms with van der Waals surface area (Å²) in [7, 11) is 0. The van der Waals surface area contributed by atoms with Gasteiger partial charge in [-0.3, -0.25) is 4.79 Å². The van der Waals surface area contributed by atoms with Crippen molar-refractivity contribution in [1.29, 1.82) is 0 Å². The summed E-state index contributed by atoms with van der Waals surface area (Å²) in [5, 5.41) is 5.42. The summed E-state index contributed by atoms with van der Waals surface area (Å²) in [5.41, 5.74) is 5.63. The van der Waals surface area contributed by atoms with Crippen molar-refractivity contribution < 1.29 is 18.3 Å². The number of nitrogens with one attached hydrogen (secondary N) is 1. The van der Waals surface area contributed by atoms with E-state index in [2.05, 4.69) is 10.5 Å². The number of benzene rings is 3. The van der Waals surface area contributed by atoms with Gasteiger partial charge in [0.15, 0.2) is 0 Å². The number of hydrogen-bond donors (Lipinski definition) is 1.